The first-order chi connectivity index (χ1) is 12.1. The summed E-state index contributed by atoms with van der Waals surface area (Å²) in [6, 6.07) is 9.43. The molecule has 0 saturated heterocycles. The zero-order valence-corrected chi connectivity index (χ0v) is 14.9. The summed E-state index contributed by atoms with van der Waals surface area (Å²) < 4.78 is 38.0. The van der Waals surface area contributed by atoms with Crippen LogP contribution in [-0.2, 0) is 11.0 Å². The van der Waals surface area contributed by atoms with E-state index in [9.17, 15) is 22.8 Å². The van der Waals surface area contributed by atoms with Gasteiger partial charge in [0.1, 0.15) is 0 Å². The van der Waals surface area contributed by atoms with Gasteiger partial charge in [-0.1, -0.05) is 23.8 Å². The first-order valence-electron chi connectivity index (χ1n) is 7.63. The standard InChI is InChI=1S/C18H17F3N2O2S/c1-11-6-7-15(12(2)8-11)22-17(25)23-16(24)10-26-14-5-3-4-13(9-14)18(19,20)21/h3-9H,10H2,1-2H3,(H2,22,23,24,25). The molecule has 0 heterocycles. The number of carbonyl (C=O) groups is 2. The summed E-state index contributed by atoms with van der Waals surface area (Å²) in [7, 11) is 0. The number of rotatable bonds is 4. The van der Waals surface area contributed by atoms with Gasteiger partial charge in [-0.25, -0.2) is 4.79 Å². The highest BCUT2D eigenvalue weighted by Gasteiger charge is 2.30. The van der Waals surface area contributed by atoms with Crippen molar-refractivity contribution in [1.82, 2.24) is 5.32 Å². The third kappa shape index (κ3) is 5.80. The van der Waals surface area contributed by atoms with E-state index in [0.717, 1.165) is 35.0 Å². The van der Waals surface area contributed by atoms with E-state index in [1.807, 2.05) is 26.0 Å². The van der Waals surface area contributed by atoms with Gasteiger partial charge in [0.05, 0.1) is 11.3 Å². The third-order valence-corrected chi connectivity index (χ3v) is 4.41. The van der Waals surface area contributed by atoms with Gasteiger partial charge in [0, 0.05) is 10.6 Å². The van der Waals surface area contributed by atoms with Crippen molar-refractivity contribution in [2.24, 2.45) is 0 Å². The van der Waals surface area contributed by atoms with E-state index >= 15 is 0 Å². The maximum Gasteiger partial charge on any atom is 0.416 e. The van der Waals surface area contributed by atoms with Crippen LogP contribution in [0.4, 0.5) is 23.7 Å². The molecule has 26 heavy (non-hydrogen) atoms. The van der Waals surface area contributed by atoms with Gasteiger partial charge in [-0.15, -0.1) is 11.8 Å². The monoisotopic (exact) mass is 382 g/mol. The summed E-state index contributed by atoms with van der Waals surface area (Å²) in [5.74, 6) is -0.781. The molecule has 0 aromatic heterocycles. The molecule has 0 saturated carbocycles. The minimum atomic E-state index is -4.44. The van der Waals surface area contributed by atoms with Crippen molar-refractivity contribution in [1.29, 1.82) is 0 Å². The second-order valence-corrected chi connectivity index (χ2v) is 6.68. The molecule has 138 valence electrons. The summed E-state index contributed by atoms with van der Waals surface area (Å²) in [5.41, 5.74) is 1.69. The Bertz CT molecular complexity index is 822. The summed E-state index contributed by atoms with van der Waals surface area (Å²) >= 11 is 0.920. The Morgan fingerprint density at radius 1 is 1.08 bits per heavy atom. The molecule has 4 nitrogen and oxygen atoms in total. The third-order valence-electron chi connectivity index (χ3n) is 3.41. The number of thioether (sulfide) groups is 1. The molecule has 0 bridgehead atoms. The highest BCUT2D eigenvalue weighted by molar-refractivity contribution is 8.00. The molecule has 0 atom stereocenters. The van der Waals surface area contributed by atoms with Gasteiger partial charge < -0.3 is 5.32 Å². The fraction of sp³-hybridized carbons (Fsp3) is 0.222. The second kappa shape index (κ2) is 8.27. The Balaban J connectivity index is 1.88. The summed E-state index contributed by atoms with van der Waals surface area (Å²) in [6.07, 6.45) is -4.44. The van der Waals surface area contributed by atoms with Gasteiger partial charge in [0.2, 0.25) is 5.91 Å². The topological polar surface area (TPSA) is 58.2 Å². The molecule has 0 radical (unpaired) electrons. The second-order valence-electron chi connectivity index (χ2n) is 5.63. The van der Waals surface area contributed by atoms with Crippen molar-refractivity contribution >= 4 is 29.4 Å². The van der Waals surface area contributed by atoms with Crippen LogP contribution < -0.4 is 10.6 Å². The lowest BCUT2D eigenvalue weighted by Gasteiger charge is -2.10. The fourth-order valence-corrected chi connectivity index (χ4v) is 2.94. The minimum absolute atomic E-state index is 0.179. The van der Waals surface area contributed by atoms with E-state index in [1.54, 1.807) is 6.07 Å². The number of amides is 3. The maximum atomic E-state index is 12.7. The van der Waals surface area contributed by atoms with Gasteiger partial charge in [-0.3, -0.25) is 10.1 Å². The van der Waals surface area contributed by atoms with Crippen LogP contribution in [0.5, 0.6) is 0 Å². The molecule has 2 aromatic carbocycles. The first kappa shape index (κ1) is 19.8. The van der Waals surface area contributed by atoms with E-state index in [4.69, 9.17) is 0 Å². The molecule has 2 rings (SSSR count). The number of benzene rings is 2. The minimum Gasteiger partial charge on any atom is -0.307 e. The lowest BCUT2D eigenvalue weighted by molar-refractivity contribution is -0.137. The number of urea groups is 1. The van der Waals surface area contributed by atoms with Crippen molar-refractivity contribution < 1.29 is 22.8 Å². The lowest BCUT2D eigenvalue weighted by Crippen LogP contribution is -2.35. The van der Waals surface area contributed by atoms with E-state index in [0.29, 0.717) is 10.6 Å². The van der Waals surface area contributed by atoms with Crippen LogP contribution in [0.3, 0.4) is 0 Å². The molecule has 0 unspecified atom stereocenters. The number of anilines is 1. The number of hydrogen-bond acceptors (Lipinski definition) is 3. The van der Waals surface area contributed by atoms with E-state index < -0.39 is 23.7 Å². The van der Waals surface area contributed by atoms with Gasteiger partial charge in [0.15, 0.2) is 0 Å². The number of imide groups is 1. The molecule has 0 fully saturated rings. The Morgan fingerprint density at radius 2 is 1.81 bits per heavy atom. The van der Waals surface area contributed by atoms with Crippen molar-refractivity contribution in [2.45, 2.75) is 24.9 Å². The quantitative estimate of drug-likeness (QED) is 0.750. The summed E-state index contributed by atoms with van der Waals surface area (Å²) in [6.45, 7) is 3.75. The number of nitrogens with one attached hydrogen (secondary N) is 2. The van der Waals surface area contributed by atoms with Crippen LogP contribution in [0.15, 0.2) is 47.4 Å². The Kier molecular flexibility index (Phi) is 6.31. The molecule has 2 N–H and O–H groups in total. The molecule has 3 amide bonds. The van der Waals surface area contributed by atoms with Crippen LogP contribution in [0.2, 0.25) is 0 Å². The van der Waals surface area contributed by atoms with Crippen LogP contribution in [0.1, 0.15) is 16.7 Å². The fourth-order valence-electron chi connectivity index (χ4n) is 2.18. The van der Waals surface area contributed by atoms with Crippen LogP contribution in [-0.4, -0.2) is 17.7 Å². The number of halogens is 3. The van der Waals surface area contributed by atoms with Crippen molar-refractivity contribution in [3.05, 3.63) is 59.2 Å². The smallest absolute Gasteiger partial charge is 0.307 e. The zero-order valence-electron chi connectivity index (χ0n) is 14.1. The Morgan fingerprint density at radius 3 is 2.46 bits per heavy atom. The molecule has 0 spiro atoms. The van der Waals surface area contributed by atoms with Crippen molar-refractivity contribution in [2.75, 3.05) is 11.1 Å². The summed E-state index contributed by atoms with van der Waals surface area (Å²) in [4.78, 5) is 24.0. The highest BCUT2D eigenvalue weighted by atomic mass is 32.2. The Labute approximate surface area is 153 Å². The molecular formula is C18H17F3N2O2S. The number of carbonyl (C=O) groups excluding carboxylic acids is 2. The van der Waals surface area contributed by atoms with Crippen LogP contribution in [0.25, 0.3) is 0 Å². The largest absolute Gasteiger partial charge is 0.416 e. The Hall–Kier alpha value is -2.48. The predicted octanol–water partition coefficient (Wildman–Crippen LogP) is 4.76. The molecule has 0 aliphatic carbocycles. The van der Waals surface area contributed by atoms with Crippen LogP contribution in [0, 0.1) is 13.8 Å². The molecule has 2 aromatic rings. The predicted molar refractivity (Wildman–Crippen MR) is 95.2 cm³/mol. The normalized spacial score (nSPS) is 11.1. The molecule has 0 aliphatic heterocycles. The van der Waals surface area contributed by atoms with E-state index in [-0.39, 0.29) is 5.75 Å². The molecular weight excluding hydrogens is 365 g/mol. The average molecular weight is 382 g/mol. The SMILES string of the molecule is Cc1ccc(NC(=O)NC(=O)CSc2cccc(C(F)(F)F)c2)c(C)c1. The van der Waals surface area contributed by atoms with Gasteiger partial charge >= 0.3 is 12.2 Å². The number of hydrogen-bond donors (Lipinski definition) is 2. The van der Waals surface area contributed by atoms with Crippen molar-refractivity contribution in [3.63, 3.8) is 0 Å². The number of aryl methyl sites for hydroxylation is 2. The van der Waals surface area contributed by atoms with E-state index in [1.165, 1.54) is 12.1 Å². The molecule has 8 heteroatoms. The van der Waals surface area contributed by atoms with E-state index in [2.05, 4.69) is 10.6 Å². The van der Waals surface area contributed by atoms with Gasteiger partial charge in [-0.05, 0) is 43.7 Å². The van der Waals surface area contributed by atoms with Gasteiger partial charge in [-0.2, -0.15) is 13.2 Å². The summed E-state index contributed by atoms with van der Waals surface area (Å²) in [5, 5.41) is 4.72. The van der Waals surface area contributed by atoms with Gasteiger partial charge in [0.25, 0.3) is 0 Å². The zero-order chi connectivity index (χ0) is 19.3. The molecule has 0 aliphatic rings. The van der Waals surface area contributed by atoms with Crippen molar-refractivity contribution in [3.8, 4) is 0 Å². The average Bonchev–Trinajstić information content (AvgIpc) is 2.55. The maximum absolute atomic E-state index is 12.7. The number of alkyl halides is 3. The highest BCUT2D eigenvalue weighted by Crippen LogP contribution is 2.31. The lowest BCUT2D eigenvalue weighted by atomic mass is 10.1. The first-order valence-corrected chi connectivity index (χ1v) is 8.62. The van der Waals surface area contributed by atoms with Crippen LogP contribution >= 0.6 is 11.8 Å².